The zero-order valence-corrected chi connectivity index (χ0v) is 9.42. The van der Waals surface area contributed by atoms with Crippen LogP contribution in [0, 0.1) is 0 Å². The second kappa shape index (κ2) is 5.29. The van der Waals surface area contributed by atoms with Gasteiger partial charge in [0, 0.05) is 11.8 Å². The van der Waals surface area contributed by atoms with Crippen LogP contribution in [0.15, 0.2) is 24.3 Å². The number of hydrogen-bond donors (Lipinski definition) is 1. The number of carbonyl (C=O) groups excluding carboxylic acids is 1. The van der Waals surface area contributed by atoms with Crippen molar-refractivity contribution in [2.24, 2.45) is 0 Å². The van der Waals surface area contributed by atoms with Gasteiger partial charge in [0.05, 0.1) is 7.11 Å². The standard InChI is InChI=1S/C10H8F5NO3/c1-18-8(17)16-6-3-2-4-7(5-6)19-10(14,15)9(11,12)13/h2-5H,1H3,(H,16,17). The van der Waals surface area contributed by atoms with E-state index in [1.807, 2.05) is 0 Å². The molecular weight excluding hydrogens is 277 g/mol. The summed E-state index contributed by atoms with van der Waals surface area (Å²) in [6.07, 6.45) is -12.1. The molecule has 0 saturated carbocycles. The molecule has 0 spiro atoms. The zero-order chi connectivity index (χ0) is 14.7. The minimum atomic E-state index is -5.83. The molecule has 0 unspecified atom stereocenters. The van der Waals surface area contributed by atoms with Crippen LogP contribution in [0.5, 0.6) is 5.75 Å². The van der Waals surface area contributed by atoms with E-state index in [1.54, 1.807) is 0 Å². The van der Waals surface area contributed by atoms with E-state index in [0.29, 0.717) is 0 Å². The predicted octanol–water partition coefficient (Wildman–Crippen LogP) is 3.40. The van der Waals surface area contributed by atoms with Gasteiger partial charge in [-0.15, -0.1) is 0 Å². The molecule has 1 amide bonds. The first-order chi connectivity index (χ1) is 8.65. The number of anilines is 1. The first kappa shape index (κ1) is 15.0. The van der Waals surface area contributed by atoms with Gasteiger partial charge < -0.3 is 9.47 Å². The third kappa shape index (κ3) is 3.97. The second-order valence-corrected chi connectivity index (χ2v) is 3.26. The molecule has 0 saturated heterocycles. The molecule has 4 nitrogen and oxygen atoms in total. The van der Waals surface area contributed by atoms with Crippen molar-refractivity contribution in [2.45, 2.75) is 12.3 Å². The number of ether oxygens (including phenoxy) is 2. The summed E-state index contributed by atoms with van der Waals surface area (Å²) >= 11 is 0. The van der Waals surface area contributed by atoms with E-state index in [0.717, 1.165) is 25.3 Å². The van der Waals surface area contributed by atoms with E-state index < -0.39 is 24.1 Å². The fourth-order valence-electron chi connectivity index (χ4n) is 1.01. The lowest BCUT2D eigenvalue weighted by Crippen LogP contribution is -2.41. The molecule has 0 aliphatic heterocycles. The molecule has 1 N–H and O–H groups in total. The summed E-state index contributed by atoms with van der Waals surface area (Å²) in [4.78, 5) is 10.8. The van der Waals surface area contributed by atoms with Crippen molar-refractivity contribution < 1.29 is 36.2 Å². The van der Waals surface area contributed by atoms with Crippen LogP contribution in [0.25, 0.3) is 0 Å². The maximum absolute atomic E-state index is 12.6. The minimum absolute atomic E-state index is 0.0534. The van der Waals surface area contributed by atoms with Crippen LogP contribution in [0.1, 0.15) is 0 Å². The highest BCUT2D eigenvalue weighted by atomic mass is 19.4. The Morgan fingerprint density at radius 1 is 1.21 bits per heavy atom. The Morgan fingerprint density at radius 2 is 1.84 bits per heavy atom. The maximum atomic E-state index is 12.6. The van der Waals surface area contributed by atoms with Gasteiger partial charge >= 0.3 is 18.4 Å². The van der Waals surface area contributed by atoms with Crippen molar-refractivity contribution in [3.05, 3.63) is 24.3 Å². The maximum Gasteiger partial charge on any atom is 0.499 e. The van der Waals surface area contributed by atoms with Crippen LogP contribution >= 0.6 is 0 Å². The highest BCUT2D eigenvalue weighted by Gasteiger charge is 2.61. The SMILES string of the molecule is COC(=O)Nc1cccc(OC(F)(F)C(F)(F)F)c1. The van der Waals surface area contributed by atoms with E-state index >= 15 is 0 Å². The molecule has 9 heteroatoms. The van der Waals surface area contributed by atoms with E-state index in [1.165, 1.54) is 6.07 Å². The first-order valence-electron chi connectivity index (χ1n) is 4.74. The van der Waals surface area contributed by atoms with Gasteiger partial charge in [0.15, 0.2) is 0 Å². The van der Waals surface area contributed by atoms with E-state index in [2.05, 4.69) is 14.8 Å². The summed E-state index contributed by atoms with van der Waals surface area (Å²) in [5, 5.41) is 2.09. The van der Waals surface area contributed by atoms with Crippen molar-refractivity contribution in [1.29, 1.82) is 0 Å². The van der Waals surface area contributed by atoms with Gasteiger partial charge in [-0.25, -0.2) is 4.79 Å². The third-order valence-electron chi connectivity index (χ3n) is 1.84. The average Bonchev–Trinajstić information content (AvgIpc) is 2.27. The number of halogens is 5. The van der Waals surface area contributed by atoms with Crippen LogP contribution < -0.4 is 10.1 Å². The molecule has 106 valence electrons. The lowest BCUT2D eigenvalue weighted by molar-refractivity contribution is -0.360. The summed E-state index contributed by atoms with van der Waals surface area (Å²) in [5.74, 6) is -0.753. The Morgan fingerprint density at radius 3 is 2.37 bits per heavy atom. The van der Waals surface area contributed by atoms with Gasteiger partial charge in [0.1, 0.15) is 5.75 Å². The van der Waals surface area contributed by atoms with Crippen LogP contribution in [0.2, 0.25) is 0 Å². The molecule has 1 aromatic carbocycles. The van der Waals surface area contributed by atoms with Crippen molar-refractivity contribution in [3.63, 3.8) is 0 Å². The number of methoxy groups -OCH3 is 1. The highest BCUT2D eigenvalue weighted by Crippen LogP contribution is 2.37. The summed E-state index contributed by atoms with van der Waals surface area (Å²) in [7, 11) is 1.06. The van der Waals surface area contributed by atoms with Gasteiger partial charge in [-0.2, -0.15) is 22.0 Å². The van der Waals surface area contributed by atoms with E-state index in [9.17, 15) is 26.7 Å². The normalized spacial score (nSPS) is 11.9. The quantitative estimate of drug-likeness (QED) is 0.866. The Bertz CT molecular complexity index is 461. The molecule has 0 bridgehead atoms. The number of carbonyl (C=O) groups is 1. The largest absolute Gasteiger partial charge is 0.499 e. The fraction of sp³-hybridized carbons (Fsp3) is 0.300. The van der Waals surface area contributed by atoms with Crippen LogP contribution in [-0.4, -0.2) is 25.5 Å². The predicted molar refractivity (Wildman–Crippen MR) is 54.1 cm³/mol. The molecule has 0 fully saturated rings. The minimum Gasteiger partial charge on any atom is -0.453 e. The Kier molecular flexibility index (Phi) is 4.17. The molecule has 19 heavy (non-hydrogen) atoms. The molecule has 0 aliphatic carbocycles. The average molecular weight is 285 g/mol. The number of benzene rings is 1. The summed E-state index contributed by atoms with van der Waals surface area (Å²) in [6, 6.07) is 4.08. The van der Waals surface area contributed by atoms with Gasteiger partial charge in [-0.1, -0.05) is 6.07 Å². The third-order valence-corrected chi connectivity index (χ3v) is 1.84. The monoisotopic (exact) mass is 285 g/mol. The van der Waals surface area contributed by atoms with Crippen molar-refractivity contribution in [2.75, 3.05) is 12.4 Å². The molecule has 1 aromatic rings. The highest BCUT2D eigenvalue weighted by molar-refractivity contribution is 5.84. The molecule has 0 atom stereocenters. The molecule has 0 aliphatic rings. The smallest absolute Gasteiger partial charge is 0.453 e. The van der Waals surface area contributed by atoms with Gasteiger partial charge in [-0.05, 0) is 12.1 Å². The Labute approximate surface area is 104 Å². The van der Waals surface area contributed by atoms with E-state index in [4.69, 9.17) is 0 Å². The lowest BCUT2D eigenvalue weighted by Gasteiger charge is -2.20. The fourth-order valence-corrected chi connectivity index (χ4v) is 1.01. The van der Waals surface area contributed by atoms with Crippen LogP contribution in [0.3, 0.4) is 0 Å². The number of amides is 1. The Balaban J connectivity index is 2.86. The zero-order valence-electron chi connectivity index (χ0n) is 9.42. The molecule has 0 radical (unpaired) electrons. The van der Waals surface area contributed by atoms with Gasteiger partial charge in [-0.3, -0.25) is 5.32 Å². The number of alkyl halides is 5. The van der Waals surface area contributed by atoms with Crippen molar-refractivity contribution >= 4 is 11.8 Å². The molecule has 0 aromatic heterocycles. The Hall–Kier alpha value is -2.06. The summed E-state index contributed by atoms with van der Waals surface area (Å²) < 4.78 is 68.8. The van der Waals surface area contributed by atoms with Crippen molar-refractivity contribution in [1.82, 2.24) is 0 Å². The van der Waals surface area contributed by atoms with E-state index in [-0.39, 0.29) is 5.69 Å². The number of nitrogens with one attached hydrogen (secondary N) is 1. The molecular formula is C10H8F5NO3. The van der Waals surface area contributed by atoms with Crippen LogP contribution in [-0.2, 0) is 4.74 Å². The first-order valence-corrected chi connectivity index (χ1v) is 4.74. The van der Waals surface area contributed by atoms with Crippen LogP contribution in [0.4, 0.5) is 32.4 Å². The topological polar surface area (TPSA) is 47.6 Å². The molecule has 0 heterocycles. The van der Waals surface area contributed by atoms with Crippen molar-refractivity contribution in [3.8, 4) is 5.75 Å². The lowest BCUT2D eigenvalue weighted by atomic mass is 10.3. The summed E-state index contributed by atoms with van der Waals surface area (Å²) in [6.45, 7) is 0. The van der Waals surface area contributed by atoms with Gasteiger partial charge in [0.25, 0.3) is 0 Å². The number of rotatable bonds is 3. The number of hydrogen-bond acceptors (Lipinski definition) is 3. The second-order valence-electron chi connectivity index (χ2n) is 3.26. The van der Waals surface area contributed by atoms with Gasteiger partial charge in [0.2, 0.25) is 0 Å². The molecule has 1 rings (SSSR count). The summed E-state index contributed by atoms with van der Waals surface area (Å²) in [5.41, 5.74) is -0.0534.